The fraction of sp³-hybridized carbons (Fsp3) is 0.438. The predicted octanol–water partition coefficient (Wildman–Crippen LogP) is 1.28. The first kappa shape index (κ1) is 18.6. The number of piperazine rings is 1. The molecule has 10 heteroatoms. The SMILES string of the molecule is O=C(CCc1ccc(Cl)cc1Cl)N1CCN(C(=O)Cn2cnnn2)CC1. The normalized spacial score (nSPS) is 14.5. The molecule has 0 spiro atoms. The Morgan fingerprint density at radius 2 is 1.73 bits per heavy atom. The van der Waals surface area contributed by atoms with Gasteiger partial charge in [0.2, 0.25) is 11.8 Å². The Morgan fingerprint density at radius 1 is 1.04 bits per heavy atom. The Hall–Kier alpha value is -2.19. The van der Waals surface area contributed by atoms with Gasteiger partial charge in [-0.25, -0.2) is 4.68 Å². The number of carbonyl (C=O) groups excluding carboxylic acids is 2. The van der Waals surface area contributed by atoms with Crippen LogP contribution < -0.4 is 0 Å². The molecule has 0 aliphatic carbocycles. The maximum Gasteiger partial charge on any atom is 0.244 e. The van der Waals surface area contributed by atoms with E-state index < -0.39 is 0 Å². The largest absolute Gasteiger partial charge is 0.339 e. The Kier molecular flexibility index (Phi) is 6.05. The van der Waals surface area contributed by atoms with Gasteiger partial charge in [0.25, 0.3) is 0 Å². The molecule has 26 heavy (non-hydrogen) atoms. The van der Waals surface area contributed by atoms with Gasteiger partial charge in [0.15, 0.2) is 0 Å². The molecule has 1 aromatic heterocycles. The molecular weight excluding hydrogens is 379 g/mol. The molecule has 1 aliphatic rings. The third kappa shape index (κ3) is 4.70. The van der Waals surface area contributed by atoms with E-state index in [0.29, 0.717) is 49.1 Å². The Morgan fingerprint density at radius 3 is 2.35 bits per heavy atom. The summed E-state index contributed by atoms with van der Waals surface area (Å²) in [6.45, 7) is 2.17. The molecule has 1 saturated heterocycles. The first-order chi connectivity index (χ1) is 12.5. The Labute approximate surface area is 160 Å². The monoisotopic (exact) mass is 396 g/mol. The van der Waals surface area contributed by atoms with E-state index in [0.717, 1.165) is 5.56 Å². The zero-order valence-electron chi connectivity index (χ0n) is 14.0. The van der Waals surface area contributed by atoms with Crippen molar-refractivity contribution in [1.82, 2.24) is 30.0 Å². The number of aryl methyl sites for hydroxylation is 1. The number of nitrogens with zero attached hydrogens (tertiary/aromatic N) is 6. The van der Waals surface area contributed by atoms with Crippen molar-refractivity contribution in [2.45, 2.75) is 19.4 Å². The van der Waals surface area contributed by atoms with Crippen LogP contribution in [0.2, 0.25) is 10.0 Å². The van der Waals surface area contributed by atoms with Crippen molar-refractivity contribution >= 4 is 35.0 Å². The topological polar surface area (TPSA) is 84.2 Å². The minimum atomic E-state index is -0.0580. The van der Waals surface area contributed by atoms with E-state index in [-0.39, 0.29) is 18.4 Å². The van der Waals surface area contributed by atoms with Crippen molar-refractivity contribution in [3.63, 3.8) is 0 Å². The number of halogens is 2. The highest BCUT2D eigenvalue weighted by Crippen LogP contribution is 2.22. The molecule has 0 N–H and O–H groups in total. The van der Waals surface area contributed by atoms with Gasteiger partial charge in [0.1, 0.15) is 12.9 Å². The van der Waals surface area contributed by atoms with Crippen LogP contribution >= 0.6 is 23.2 Å². The maximum absolute atomic E-state index is 12.4. The van der Waals surface area contributed by atoms with Crippen LogP contribution in [0.3, 0.4) is 0 Å². The van der Waals surface area contributed by atoms with Crippen LogP contribution in [-0.2, 0) is 22.6 Å². The van der Waals surface area contributed by atoms with E-state index in [9.17, 15) is 9.59 Å². The summed E-state index contributed by atoms with van der Waals surface area (Å²) in [6, 6.07) is 5.29. The minimum Gasteiger partial charge on any atom is -0.339 e. The summed E-state index contributed by atoms with van der Waals surface area (Å²) in [5.41, 5.74) is 0.902. The van der Waals surface area contributed by atoms with Gasteiger partial charge in [-0.1, -0.05) is 29.3 Å². The summed E-state index contributed by atoms with van der Waals surface area (Å²) in [5.74, 6) is 0.000868. The van der Waals surface area contributed by atoms with Crippen LogP contribution in [0.1, 0.15) is 12.0 Å². The highest BCUT2D eigenvalue weighted by atomic mass is 35.5. The fourth-order valence-electron chi connectivity index (χ4n) is 2.82. The Balaban J connectivity index is 1.45. The van der Waals surface area contributed by atoms with E-state index >= 15 is 0 Å². The van der Waals surface area contributed by atoms with Crippen molar-refractivity contribution in [2.75, 3.05) is 26.2 Å². The number of tetrazole rings is 1. The molecule has 2 aromatic rings. The lowest BCUT2D eigenvalue weighted by Gasteiger charge is -2.34. The molecule has 138 valence electrons. The zero-order chi connectivity index (χ0) is 18.5. The molecule has 1 aromatic carbocycles. The predicted molar refractivity (Wildman–Crippen MR) is 95.8 cm³/mol. The molecule has 0 bridgehead atoms. The van der Waals surface area contributed by atoms with Crippen LogP contribution in [0, 0.1) is 0 Å². The van der Waals surface area contributed by atoms with Gasteiger partial charge in [-0.3, -0.25) is 9.59 Å². The maximum atomic E-state index is 12.4. The average Bonchev–Trinajstić information content (AvgIpc) is 3.14. The molecule has 0 unspecified atom stereocenters. The number of amides is 2. The standard InChI is InChI=1S/C16H18Cl2N6O2/c17-13-3-1-12(14(18)9-13)2-4-15(25)22-5-7-23(8-6-22)16(26)10-24-11-19-20-21-24/h1,3,9,11H,2,4-8,10H2. The molecular formula is C16H18Cl2N6O2. The first-order valence-electron chi connectivity index (χ1n) is 8.23. The van der Waals surface area contributed by atoms with Crippen LogP contribution in [0.25, 0.3) is 0 Å². The highest BCUT2D eigenvalue weighted by Gasteiger charge is 2.24. The molecule has 1 aliphatic heterocycles. The fourth-order valence-corrected chi connectivity index (χ4v) is 3.32. The summed E-state index contributed by atoms with van der Waals surface area (Å²) >= 11 is 12.0. The highest BCUT2D eigenvalue weighted by molar-refractivity contribution is 6.35. The summed E-state index contributed by atoms with van der Waals surface area (Å²) in [6.07, 6.45) is 2.34. The summed E-state index contributed by atoms with van der Waals surface area (Å²) in [5, 5.41) is 11.8. The third-order valence-corrected chi connectivity index (χ3v) is 4.88. The molecule has 2 heterocycles. The average molecular weight is 397 g/mol. The van der Waals surface area contributed by atoms with E-state index in [1.54, 1.807) is 21.9 Å². The van der Waals surface area contributed by atoms with Gasteiger partial charge in [0, 0.05) is 42.6 Å². The zero-order valence-corrected chi connectivity index (χ0v) is 15.5. The van der Waals surface area contributed by atoms with Crippen molar-refractivity contribution in [1.29, 1.82) is 0 Å². The quantitative estimate of drug-likeness (QED) is 0.759. The first-order valence-corrected chi connectivity index (χ1v) is 8.99. The molecule has 1 fully saturated rings. The van der Waals surface area contributed by atoms with Gasteiger partial charge in [-0.05, 0) is 34.5 Å². The van der Waals surface area contributed by atoms with Gasteiger partial charge in [-0.2, -0.15) is 0 Å². The lowest BCUT2D eigenvalue weighted by Crippen LogP contribution is -2.51. The molecule has 8 nitrogen and oxygen atoms in total. The summed E-state index contributed by atoms with van der Waals surface area (Å²) in [7, 11) is 0. The smallest absolute Gasteiger partial charge is 0.244 e. The van der Waals surface area contributed by atoms with E-state index in [1.807, 2.05) is 6.07 Å². The summed E-state index contributed by atoms with van der Waals surface area (Å²) in [4.78, 5) is 28.1. The van der Waals surface area contributed by atoms with Crippen molar-refractivity contribution in [3.8, 4) is 0 Å². The van der Waals surface area contributed by atoms with Gasteiger partial charge in [-0.15, -0.1) is 5.10 Å². The number of hydrogen-bond donors (Lipinski definition) is 0. The second kappa shape index (κ2) is 8.46. The van der Waals surface area contributed by atoms with Crippen molar-refractivity contribution in [3.05, 3.63) is 40.1 Å². The lowest BCUT2D eigenvalue weighted by molar-refractivity contribution is -0.140. The van der Waals surface area contributed by atoms with Crippen LogP contribution in [0.15, 0.2) is 24.5 Å². The molecule has 3 rings (SSSR count). The van der Waals surface area contributed by atoms with E-state index in [1.165, 1.54) is 11.0 Å². The van der Waals surface area contributed by atoms with Gasteiger partial charge < -0.3 is 9.80 Å². The van der Waals surface area contributed by atoms with Crippen LogP contribution in [0.5, 0.6) is 0 Å². The molecule has 2 amide bonds. The van der Waals surface area contributed by atoms with Crippen molar-refractivity contribution in [2.24, 2.45) is 0 Å². The molecule has 0 atom stereocenters. The number of aromatic nitrogens is 4. The van der Waals surface area contributed by atoms with Gasteiger partial charge in [0.05, 0.1) is 0 Å². The molecule has 0 radical (unpaired) electrons. The third-order valence-electron chi connectivity index (χ3n) is 4.30. The Bertz CT molecular complexity index is 775. The summed E-state index contributed by atoms with van der Waals surface area (Å²) < 4.78 is 1.38. The number of carbonyl (C=O) groups is 2. The number of rotatable bonds is 5. The minimum absolute atomic E-state index is 0.0580. The van der Waals surface area contributed by atoms with Crippen LogP contribution in [-0.4, -0.2) is 68.0 Å². The van der Waals surface area contributed by atoms with Crippen molar-refractivity contribution < 1.29 is 9.59 Å². The second-order valence-electron chi connectivity index (χ2n) is 6.00. The van der Waals surface area contributed by atoms with Gasteiger partial charge >= 0.3 is 0 Å². The van der Waals surface area contributed by atoms with Crippen LogP contribution in [0.4, 0.5) is 0 Å². The molecule has 0 saturated carbocycles. The number of hydrogen-bond acceptors (Lipinski definition) is 5. The van der Waals surface area contributed by atoms with E-state index in [2.05, 4.69) is 15.5 Å². The number of benzene rings is 1. The lowest BCUT2D eigenvalue weighted by atomic mass is 10.1. The van der Waals surface area contributed by atoms with E-state index in [4.69, 9.17) is 23.2 Å². The second-order valence-corrected chi connectivity index (χ2v) is 6.85.